The number of piperidine rings is 1. The van der Waals surface area contributed by atoms with Gasteiger partial charge in [-0.3, -0.25) is 0 Å². The Kier molecular flexibility index (Phi) is 4.17. The van der Waals surface area contributed by atoms with Gasteiger partial charge in [0.05, 0.1) is 6.61 Å². The van der Waals surface area contributed by atoms with Crippen molar-refractivity contribution < 1.29 is 9.13 Å². The molecule has 1 saturated heterocycles. The first kappa shape index (κ1) is 11.4. The first-order valence-corrected chi connectivity index (χ1v) is 5.88. The largest absolute Gasteiger partial charge is 0.490 e. The highest BCUT2D eigenvalue weighted by Gasteiger charge is 2.12. The third-order valence-corrected chi connectivity index (χ3v) is 2.91. The SMILES string of the molecule is Fc1c[c]ccc1OCCC1CCCCN1. The van der Waals surface area contributed by atoms with Crippen molar-refractivity contribution in [3.8, 4) is 5.75 Å². The summed E-state index contributed by atoms with van der Waals surface area (Å²) in [5.74, 6) is -0.00587. The summed E-state index contributed by atoms with van der Waals surface area (Å²) in [6.45, 7) is 1.66. The van der Waals surface area contributed by atoms with Crippen LogP contribution in [0.25, 0.3) is 0 Å². The topological polar surface area (TPSA) is 21.3 Å². The average Bonchev–Trinajstić information content (AvgIpc) is 2.33. The molecule has 1 unspecified atom stereocenters. The fraction of sp³-hybridized carbons (Fsp3) is 0.538. The maximum atomic E-state index is 13.2. The van der Waals surface area contributed by atoms with Gasteiger partial charge >= 0.3 is 0 Å². The van der Waals surface area contributed by atoms with Gasteiger partial charge in [-0.1, -0.05) is 12.5 Å². The predicted octanol–water partition coefficient (Wildman–Crippen LogP) is 2.54. The summed E-state index contributed by atoms with van der Waals surface area (Å²) in [4.78, 5) is 0. The molecule has 1 aliphatic heterocycles. The molecule has 0 spiro atoms. The number of benzene rings is 1. The van der Waals surface area contributed by atoms with Crippen LogP contribution >= 0.6 is 0 Å². The van der Waals surface area contributed by atoms with E-state index in [1.54, 1.807) is 12.1 Å². The lowest BCUT2D eigenvalue weighted by Gasteiger charge is -2.23. The molecule has 1 aromatic rings. The van der Waals surface area contributed by atoms with Gasteiger partial charge in [0.25, 0.3) is 0 Å². The van der Waals surface area contributed by atoms with Crippen LogP contribution < -0.4 is 10.1 Å². The van der Waals surface area contributed by atoms with Crippen LogP contribution in [0.4, 0.5) is 4.39 Å². The summed E-state index contributed by atoms with van der Waals surface area (Å²) in [6, 6.07) is 7.79. The van der Waals surface area contributed by atoms with E-state index in [9.17, 15) is 4.39 Å². The number of ether oxygens (including phenoxy) is 1. The molecular formula is C13H17FNO. The Balaban J connectivity index is 1.73. The van der Waals surface area contributed by atoms with E-state index in [0.29, 0.717) is 18.4 Å². The molecule has 1 heterocycles. The van der Waals surface area contributed by atoms with Crippen molar-refractivity contribution in [1.82, 2.24) is 5.32 Å². The third kappa shape index (κ3) is 3.20. The van der Waals surface area contributed by atoms with Crippen molar-refractivity contribution in [1.29, 1.82) is 0 Å². The van der Waals surface area contributed by atoms with E-state index in [0.717, 1.165) is 13.0 Å². The quantitative estimate of drug-likeness (QED) is 0.845. The summed E-state index contributed by atoms with van der Waals surface area (Å²) in [7, 11) is 0. The highest BCUT2D eigenvalue weighted by atomic mass is 19.1. The normalized spacial score (nSPS) is 20.7. The lowest BCUT2D eigenvalue weighted by Crippen LogP contribution is -2.35. The first-order chi connectivity index (χ1) is 7.86. The van der Waals surface area contributed by atoms with Crippen molar-refractivity contribution in [2.75, 3.05) is 13.2 Å². The maximum absolute atomic E-state index is 13.2. The number of rotatable bonds is 4. The van der Waals surface area contributed by atoms with Crippen LogP contribution in [0.3, 0.4) is 0 Å². The number of hydrogen-bond acceptors (Lipinski definition) is 2. The molecule has 0 bridgehead atoms. The van der Waals surface area contributed by atoms with Gasteiger partial charge in [0.2, 0.25) is 0 Å². The molecule has 0 amide bonds. The number of nitrogens with one attached hydrogen (secondary N) is 1. The van der Waals surface area contributed by atoms with Crippen LogP contribution in [0.5, 0.6) is 5.75 Å². The molecule has 2 rings (SSSR count). The molecule has 1 aliphatic rings. The molecule has 1 fully saturated rings. The lowest BCUT2D eigenvalue weighted by atomic mass is 10.0. The van der Waals surface area contributed by atoms with E-state index in [1.165, 1.54) is 25.3 Å². The van der Waals surface area contributed by atoms with Crippen LogP contribution in [-0.4, -0.2) is 19.2 Å². The highest BCUT2D eigenvalue weighted by molar-refractivity contribution is 5.22. The summed E-state index contributed by atoms with van der Waals surface area (Å²) >= 11 is 0. The Hall–Kier alpha value is -1.09. The third-order valence-electron chi connectivity index (χ3n) is 2.91. The van der Waals surface area contributed by atoms with Crippen molar-refractivity contribution >= 4 is 0 Å². The van der Waals surface area contributed by atoms with Crippen LogP contribution in [0.15, 0.2) is 18.2 Å². The van der Waals surface area contributed by atoms with Crippen LogP contribution in [0.1, 0.15) is 25.7 Å². The molecule has 1 N–H and O–H groups in total. The fourth-order valence-electron chi connectivity index (χ4n) is 1.99. The van der Waals surface area contributed by atoms with Gasteiger partial charge in [-0.15, -0.1) is 0 Å². The van der Waals surface area contributed by atoms with E-state index in [4.69, 9.17) is 4.74 Å². The zero-order valence-electron chi connectivity index (χ0n) is 9.34. The first-order valence-electron chi connectivity index (χ1n) is 5.88. The summed E-state index contributed by atoms with van der Waals surface area (Å²) in [5, 5.41) is 3.44. The predicted molar refractivity (Wildman–Crippen MR) is 61.0 cm³/mol. The molecule has 1 atom stereocenters. The standard InChI is InChI=1S/C13H17FNO/c14-12-6-1-2-7-13(12)16-10-8-11-5-3-4-9-15-11/h2,6-7,11,15H,3-5,8-10H2. The van der Waals surface area contributed by atoms with Gasteiger partial charge in [-0.05, 0) is 44.0 Å². The Bertz CT molecular complexity index is 323. The molecule has 3 heteroatoms. The van der Waals surface area contributed by atoms with Crippen LogP contribution in [-0.2, 0) is 0 Å². The number of halogens is 1. The van der Waals surface area contributed by atoms with Gasteiger partial charge in [0.1, 0.15) is 0 Å². The molecule has 16 heavy (non-hydrogen) atoms. The zero-order valence-corrected chi connectivity index (χ0v) is 9.34. The van der Waals surface area contributed by atoms with E-state index >= 15 is 0 Å². The Morgan fingerprint density at radius 1 is 1.50 bits per heavy atom. The Labute approximate surface area is 95.8 Å². The highest BCUT2D eigenvalue weighted by Crippen LogP contribution is 2.16. The van der Waals surface area contributed by atoms with E-state index in [2.05, 4.69) is 11.4 Å². The van der Waals surface area contributed by atoms with Gasteiger partial charge < -0.3 is 10.1 Å². The minimum absolute atomic E-state index is 0.328. The second kappa shape index (κ2) is 5.85. The zero-order chi connectivity index (χ0) is 11.2. The van der Waals surface area contributed by atoms with E-state index < -0.39 is 0 Å². The van der Waals surface area contributed by atoms with Crippen molar-refractivity contribution in [3.63, 3.8) is 0 Å². The molecule has 1 aromatic carbocycles. The van der Waals surface area contributed by atoms with Gasteiger partial charge in [0.15, 0.2) is 11.6 Å². The van der Waals surface area contributed by atoms with Crippen molar-refractivity contribution in [2.24, 2.45) is 0 Å². The van der Waals surface area contributed by atoms with Crippen molar-refractivity contribution in [3.05, 3.63) is 30.1 Å². The fourth-order valence-corrected chi connectivity index (χ4v) is 1.99. The van der Waals surface area contributed by atoms with Crippen LogP contribution in [0, 0.1) is 11.9 Å². The molecule has 1 radical (unpaired) electrons. The molecule has 2 nitrogen and oxygen atoms in total. The minimum atomic E-state index is -0.334. The monoisotopic (exact) mass is 222 g/mol. The molecule has 0 aromatic heterocycles. The molecule has 0 saturated carbocycles. The summed E-state index contributed by atoms with van der Waals surface area (Å²) in [5.41, 5.74) is 0. The summed E-state index contributed by atoms with van der Waals surface area (Å²) in [6.07, 6.45) is 4.69. The van der Waals surface area contributed by atoms with Crippen molar-refractivity contribution in [2.45, 2.75) is 31.7 Å². The van der Waals surface area contributed by atoms with Crippen LogP contribution in [0.2, 0.25) is 0 Å². The molecule has 87 valence electrons. The minimum Gasteiger partial charge on any atom is -0.490 e. The average molecular weight is 222 g/mol. The second-order valence-electron chi connectivity index (χ2n) is 4.14. The molecular weight excluding hydrogens is 205 g/mol. The van der Waals surface area contributed by atoms with E-state index in [-0.39, 0.29) is 5.82 Å². The van der Waals surface area contributed by atoms with Gasteiger partial charge in [-0.2, -0.15) is 0 Å². The molecule has 0 aliphatic carbocycles. The van der Waals surface area contributed by atoms with E-state index in [1.807, 2.05) is 0 Å². The van der Waals surface area contributed by atoms with Gasteiger partial charge in [-0.25, -0.2) is 4.39 Å². The lowest BCUT2D eigenvalue weighted by molar-refractivity contribution is 0.259. The Morgan fingerprint density at radius 2 is 2.44 bits per heavy atom. The van der Waals surface area contributed by atoms with Gasteiger partial charge in [0, 0.05) is 6.04 Å². The smallest absolute Gasteiger partial charge is 0.165 e. The summed E-state index contributed by atoms with van der Waals surface area (Å²) < 4.78 is 18.6. The number of hydrogen-bond donors (Lipinski definition) is 1. The maximum Gasteiger partial charge on any atom is 0.165 e. The Morgan fingerprint density at radius 3 is 3.19 bits per heavy atom. The second-order valence-corrected chi connectivity index (χ2v) is 4.14.